The zero-order chi connectivity index (χ0) is 21.8. The molecule has 1 heterocycles. The molecule has 0 saturated heterocycles. The van der Waals surface area contributed by atoms with Crippen LogP contribution in [0, 0.1) is 0 Å². The lowest BCUT2D eigenvalue weighted by atomic mass is 10.1. The summed E-state index contributed by atoms with van der Waals surface area (Å²) in [4.78, 5) is 33.1. The van der Waals surface area contributed by atoms with E-state index in [1.54, 1.807) is 27.7 Å². The molecule has 0 bridgehead atoms. The second-order valence-corrected chi connectivity index (χ2v) is 8.75. The lowest BCUT2D eigenvalue weighted by molar-refractivity contribution is -0.130. The zero-order valence-electron chi connectivity index (χ0n) is 17.6. The van der Waals surface area contributed by atoms with Crippen molar-refractivity contribution in [3.8, 4) is 0 Å². The molecule has 0 spiro atoms. The quantitative estimate of drug-likeness (QED) is 0.365. The van der Waals surface area contributed by atoms with Crippen LogP contribution in [0.3, 0.4) is 0 Å². The number of hydrogen-bond donors (Lipinski definition) is 0. The highest BCUT2D eigenvalue weighted by Crippen LogP contribution is 2.37. The Morgan fingerprint density at radius 1 is 1.13 bits per heavy atom. The highest BCUT2D eigenvalue weighted by molar-refractivity contribution is 8.00. The van der Waals surface area contributed by atoms with Crippen molar-refractivity contribution in [2.45, 2.75) is 44.1 Å². The number of carbonyl (C=O) groups is 1. The van der Waals surface area contributed by atoms with Gasteiger partial charge in [0.25, 0.3) is 5.56 Å². The predicted octanol–water partition coefficient (Wildman–Crippen LogP) is 5.33. The fourth-order valence-electron chi connectivity index (χ4n) is 3.39. The van der Waals surface area contributed by atoms with E-state index in [1.165, 1.54) is 11.8 Å². The summed E-state index contributed by atoms with van der Waals surface area (Å²) in [7, 11) is 0. The number of benzene rings is 2. The third kappa shape index (κ3) is 4.55. The van der Waals surface area contributed by atoms with Gasteiger partial charge in [-0.2, -0.15) is 0 Å². The van der Waals surface area contributed by atoms with Gasteiger partial charge < -0.3 is 4.90 Å². The summed E-state index contributed by atoms with van der Waals surface area (Å²) in [6.07, 6.45) is 0. The zero-order valence-corrected chi connectivity index (χ0v) is 19.2. The first-order valence-electron chi connectivity index (χ1n) is 10.1. The maximum atomic E-state index is 13.4. The van der Waals surface area contributed by atoms with E-state index in [0.717, 1.165) is 5.56 Å². The van der Waals surface area contributed by atoms with Crippen LogP contribution in [0.25, 0.3) is 10.9 Å². The molecule has 0 fully saturated rings. The number of nitrogens with zero attached hydrogens (tertiary/aromatic N) is 3. The minimum atomic E-state index is -0.500. The van der Waals surface area contributed by atoms with E-state index in [2.05, 4.69) is 0 Å². The third-order valence-electron chi connectivity index (χ3n) is 4.97. The van der Waals surface area contributed by atoms with E-state index >= 15 is 0 Å². The molecule has 158 valence electrons. The molecule has 30 heavy (non-hydrogen) atoms. The van der Waals surface area contributed by atoms with Crippen LogP contribution >= 0.6 is 23.4 Å². The maximum absolute atomic E-state index is 13.4. The molecule has 3 aromatic rings. The number of aromatic nitrogens is 2. The van der Waals surface area contributed by atoms with Gasteiger partial charge in [-0.15, -0.1) is 0 Å². The van der Waals surface area contributed by atoms with Crippen LogP contribution in [-0.4, -0.2) is 33.4 Å². The number of fused-ring (bicyclic) bond motifs is 1. The minimum Gasteiger partial charge on any atom is -0.342 e. The minimum absolute atomic E-state index is 0.00643. The highest BCUT2D eigenvalue weighted by atomic mass is 35.5. The van der Waals surface area contributed by atoms with Crippen molar-refractivity contribution in [2.24, 2.45) is 0 Å². The molecule has 3 rings (SSSR count). The number of likely N-dealkylation sites (N-methyl/N-ethyl adjacent to an activating group) is 1. The average Bonchev–Trinajstić information content (AvgIpc) is 2.72. The Morgan fingerprint density at radius 3 is 2.40 bits per heavy atom. The van der Waals surface area contributed by atoms with Gasteiger partial charge in [0.05, 0.1) is 10.9 Å². The van der Waals surface area contributed by atoms with Gasteiger partial charge in [-0.05, 0) is 51.5 Å². The number of rotatable bonds is 7. The van der Waals surface area contributed by atoms with E-state index in [1.807, 2.05) is 58.0 Å². The summed E-state index contributed by atoms with van der Waals surface area (Å²) < 4.78 is 1.66. The van der Waals surface area contributed by atoms with E-state index in [4.69, 9.17) is 16.6 Å². The summed E-state index contributed by atoms with van der Waals surface area (Å²) in [5, 5.41) is 1.05. The molecule has 1 unspecified atom stereocenters. The van der Waals surface area contributed by atoms with E-state index in [9.17, 15) is 9.59 Å². The first-order valence-corrected chi connectivity index (χ1v) is 11.3. The fraction of sp³-hybridized carbons (Fsp3) is 0.348. The molecule has 0 saturated carbocycles. The first kappa shape index (κ1) is 22.4. The van der Waals surface area contributed by atoms with Crippen LogP contribution < -0.4 is 5.56 Å². The Balaban J connectivity index is 2.17. The normalized spacial score (nSPS) is 12.3. The van der Waals surface area contributed by atoms with Crippen LogP contribution in [0.15, 0.2) is 58.5 Å². The molecule has 0 aliphatic rings. The van der Waals surface area contributed by atoms with Crippen molar-refractivity contribution in [1.29, 1.82) is 0 Å². The van der Waals surface area contributed by atoms with Crippen molar-refractivity contribution >= 4 is 40.2 Å². The summed E-state index contributed by atoms with van der Waals surface area (Å²) >= 11 is 7.46. The molecule has 7 heteroatoms. The van der Waals surface area contributed by atoms with Crippen LogP contribution in [0.5, 0.6) is 0 Å². The van der Waals surface area contributed by atoms with Crippen molar-refractivity contribution < 1.29 is 4.79 Å². The highest BCUT2D eigenvalue weighted by Gasteiger charge is 2.28. The van der Waals surface area contributed by atoms with Gasteiger partial charge in [-0.1, -0.05) is 53.7 Å². The van der Waals surface area contributed by atoms with Crippen molar-refractivity contribution in [1.82, 2.24) is 14.5 Å². The van der Waals surface area contributed by atoms with Crippen LogP contribution in [0.2, 0.25) is 5.02 Å². The fourth-order valence-corrected chi connectivity index (χ4v) is 4.86. The lowest BCUT2D eigenvalue weighted by Crippen LogP contribution is -2.34. The Hall–Kier alpha value is -2.31. The lowest BCUT2D eigenvalue weighted by Gasteiger charge is -2.26. The summed E-state index contributed by atoms with van der Waals surface area (Å²) in [5.74, 6) is 0.00643. The summed E-state index contributed by atoms with van der Waals surface area (Å²) in [6, 6.07) is 14.6. The maximum Gasteiger partial charge on any atom is 0.262 e. The van der Waals surface area contributed by atoms with Gasteiger partial charge >= 0.3 is 0 Å². The molecule has 1 amide bonds. The van der Waals surface area contributed by atoms with Gasteiger partial charge in [0.1, 0.15) is 5.25 Å². The Labute approximate surface area is 186 Å². The summed E-state index contributed by atoms with van der Waals surface area (Å²) in [6.45, 7) is 9.06. The number of thioether (sulfide) groups is 1. The predicted molar refractivity (Wildman–Crippen MR) is 124 cm³/mol. The molecule has 0 N–H and O–H groups in total. The largest absolute Gasteiger partial charge is 0.342 e. The van der Waals surface area contributed by atoms with Crippen molar-refractivity contribution in [3.63, 3.8) is 0 Å². The Bertz CT molecular complexity index is 1090. The van der Waals surface area contributed by atoms with E-state index in [0.29, 0.717) is 34.2 Å². The molecule has 1 atom stereocenters. The van der Waals surface area contributed by atoms with Crippen LogP contribution in [0.4, 0.5) is 0 Å². The van der Waals surface area contributed by atoms with Crippen molar-refractivity contribution in [2.75, 3.05) is 13.1 Å². The molecule has 0 aliphatic heterocycles. The SMILES string of the molecule is CCN(CC)C(=O)C(Sc1nc2cc(Cl)ccc2c(=O)n1C(C)C)c1ccccc1. The molecule has 2 aromatic carbocycles. The molecule has 0 radical (unpaired) electrons. The second kappa shape index (κ2) is 9.67. The summed E-state index contributed by atoms with van der Waals surface area (Å²) in [5.41, 5.74) is 1.29. The second-order valence-electron chi connectivity index (χ2n) is 7.24. The van der Waals surface area contributed by atoms with Gasteiger partial charge in [-0.3, -0.25) is 14.2 Å². The van der Waals surface area contributed by atoms with Gasteiger partial charge in [0.15, 0.2) is 5.16 Å². The third-order valence-corrected chi connectivity index (χ3v) is 6.42. The van der Waals surface area contributed by atoms with Gasteiger partial charge in [0.2, 0.25) is 5.91 Å². The van der Waals surface area contributed by atoms with E-state index in [-0.39, 0.29) is 17.5 Å². The molecule has 1 aromatic heterocycles. The monoisotopic (exact) mass is 443 g/mol. The molecule has 5 nitrogen and oxygen atoms in total. The number of hydrogen-bond acceptors (Lipinski definition) is 4. The smallest absolute Gasteiger partial charge is 0.262 e. The van der Waals surface area contributed by atoms with Gasteiger partial charge in [-0.25, -0.2) is 4.98 Å². The standard InChI is InChI=1S/C23H26ClN3O2S/c1-5-26(6-2)22(29)20(16-10-8-7-9-11-16)30-23-25-19-14-17(24)12-13-18(19)21(28)27(23)15(3)4/h7-15,20H,5-6H2,1-4H3. The van der Waals surface area contributed by atoms with Crippen molar-refractivity contribution in [3.05, 3.63) is 69.5 Å². The topological polar surface area (TPSA) is 55.2 Å². The first-order chi connectivity index (χ1) is 14.4. The van der Waals surface area contributed by atoms with E-state index < -0.39 is 5.25 Å². The molecular weight excluding hydrogens is 418 g/mol. The Morgan fingerprint density at radius 2 is 1.80 bits per heavy atom. The van der Waals surface area contributed by atoms with Crippen LogP contribution in [-0.2, 0) is 4.79 Å². The molecule has 0 aliphatic carbocycles. The van der Waals surface area contributed by atoms with Gasteiger partial charge in [0, 0.05) is 24.2 Å². The Kier molecular flexibility index (Phi) is 7.21. The van der Waals surface area contributed by atoms with Crippen LogP contribution in [0.1, 0.15) is 44.6 Å². The molecular formula is C23H26ClN3O2S. The number of halogens is 1. The number of amides is 1. The average molecular weight is 444 g/mol. The number of carbonyl (C=O) groups excluding carboxylic acids is 1.